The molecule has 5 nitrogen and oxygen atoms in total. The quantitative estimate of drug-likeness (QED) is 0.686. The average molecular weight is 378 g/mol. The summed E-state index contributed by atoms with van der Waals surface area (Å²) in [7, 11) is 0. The number of halogens is 2. The van der Waals surface area contributed by atoms with Crippen LogP contribution in [0.15, 0.2) is 42.5 Å². The fourth-order valence-corrected chi connectivity index (χ4v) is 2.67. The van der Waals surface area contributed by atoms with E-state index in [0.29, 0.717) is 21.6 Å². The Morgan fingerprint density at radius 2 is 1.92 bits per heavy atom. The van der Waals surface area contributed by atoms with Gasteiger partial charge in [0.15, 0.2) is 6.10 Å². The molecule has 0 bridgehead atoms. The monoisotopic (exact) mass is 377 g/mol. The summed E-state index contributed by atoms with van der Waals surface area (Å²) in [6.45, 7) is 3.53. The van der Waals surface area contributed by atoms with Crippen molar-refractivity contribution in [3.05, 3.63) is 58.3 Å². The zero-order chi connectivity index (χ0) is 18.0. The first-order valence-electron chi connectivity index (χ1n) is 7.81. The lowest BCUT2D eigenvalue weighted by Gasteiger charge is -2.17. The number of ether oxygens (including phenoxy) is 1. The number of amides is 1. The zero-order valence-corrected chi connectivity index (χ0v) is 15.2. The molecule has 0 spiro atoms. The number of hydrogen-bond acceptors (Lipinski definition) is 3. The molecule has 0 aliphatic heterocycles. The van der Waals surface area contributed by atoms with Crippen LogP contribution in [0.5, 0.6) is 5.75 Å². The van der Waals surface area contributed by atoms with Crippen molar-refractivity contribution in [2.75, 3.05) is 0 Å². The molecular weight excluding hydrogens is 361 g/mol. The third kappa shape index (κ3) is 4.06. The number of aromatic amines is 1. The molecule has 7 heteroatoms. The molecule has 0 saturated heterocycles. The van der Waals surface area contributed by atoms with E-state index in [1.165, 1.54) is 0 Å². The maximum Gasteiger partial charge on any atom is 0.261 e. The van der Waals surface area contributed by atoms with Gasteiger partial charge in [0, 0.05) is 6.07 Å². The molecule has 0 radical (unpaired) electrons. The molecule has 0 fully saturated rings. The number of hydrogen-bond donors (Lipinski definition) is 2. The van der Waals surface area contributed by atoms with E-state index in [0.717, 1.165) is 11.0 Å². The average Bonchev–Trinajstić information content (AvgIpc) is 3.02. The molecule has 0 aliphatic carbocycles. The van der Waals surface area contributed by atoms with Crippen molar-refractivity contribution in [1.82, 2.24) is 15.3 Å². The number of rotatable bonds is 5. The standard InChI is InChI=1S/C18H17Cl2N3O2/c1-10(17-22-15-5-3-4-6-16(15)23-17)21-18(24)11(2)25-12-7-8-13(19)14(20)9-12/h3-11H,1-2H3,(H,21,24)(H,22,23). The second-order valence-corrected chi connectivity index (χ2v) is 6.52. The maximum atomic E-state index is 12.4. The first-order chi connectivity index (χ1) is 11.9. The third-order valence-corrected chi connectivity index (χ3v) is 4.49. The topological polar surface area (TPSA) is 67.0 Å². The molecule has 2 unspecified atom stereocenters. The Bertz CT molecular complexity index is 877. The van der Waals surface area contributed by atoms with E-state index in [1.54, 1.807) is 25.1 Å². The molecule has 2 atom stereocenters. The van der Waals surface area contributed by atoms with Gasteiger partial charge < -0.3 is 15.0 Å². The van der Waals surface area contributed by atoms with Crippen LogP contribution in [0.2, 0.25) is 10.0 Å². The van der Waals surface area contributed by atoms with Crippen LogP contribution in [-0.2, 0) is 4.79 Å². The number of carbonyl (C=O) groups is 1. The summed E-state index contributed by atoms with van der Waals surface area (Å²) in [5.41, 5.74) is 1.79. The summed E-state index contributed by atoms with van der Waals surface area (Å²) in [4.78, 5) is 20.1. The molecule has 3 aromatic rings. The van der Waals surface area contributed by atoms with Crippen LogP contribution < -0.4 is 10.1 Å². The van der Waals surface area contributed by atoms with Gasteiger partial charge in [-0.1, -0.05) is 35.3 Å². The van der Waals surface area contributed by atoms with Crippen LogP contribution in [0.1, 0.15) is 25.7 Å². The number of imidazole rings is 1. The van der Waals surface area contributed by atoms with Gasteiger partial charge in [-0.3, -0.25) is 4.79 Å². The molecule has 3 rings (SSSR count). The lowest BCUT2D eigenvalue weighted by Crippen LogP contribution is -2.38. The largest absolute Gasteiger partial charge is 0.481 e. The maximum absolute atomic E-state index is 12.4. The smallest absolute Gasteiger partial charge is 0.261 e. The highest BCUT2D eigenvalue weighted by atomic mass is 35.5. The van der Waals surface area contributed by atoms with E-state index in [1.807, 2.05) is 31.2 Å². The number of nitrogens with one attached hydrogen (secondary N) is 2. The summed E-state index contributed by atoms with van der Waals surface area (Å²) in [6, 6.07) is 12.3. The van der Waals surface area contributed by atoms with Gasteiger partial charge in [0.1, 0.15) is 11.6 Å². The van der Waals surface area contributed by atoms with E-state index in [2.05, 4.69) is 15.3 Å². The Kier molecular flexibility index (Phi) is 5.16. The van der Waals surface area contributed by atoms with E-state index in [9.17, 15) is 4.79 Å². The Hall–Kier alpha value is -2.24. The minimum absolute atomic E-state index is 0.251. The Morgan fingerprint density at radius 3 is 2.64 bits per heavy atom. The number of carbonyl (C=O) groups excluding carboxylic acids is 1. The lowest BCUT2D eigenvalue weighted by molar-refractivity contribution is -0.128. The van der Waals surface area contributed by atoms with E-state index < -0.39 is 6.10 Å². The van der Waals surface area contributed by atoms with Crippen molar-refractivity contribution in [2.24, 2.45) is 0 Å². The number of para-hydroxylation sites is 2. The van der Waals surface area contributed by atoms with Crippen LogP contribution in [-0.4, -0.2) is 22.0 Å². The zero-order valence-electron chi connectivity index (χ0n) is 13.7. The first-order valence-corrected chi connectivity index (χ1v) is 8.56. The fourth-order valence-electron chi connectivity index (χ4n) is 2.38. The predicted octanol–water partition coefficient (Wildman–Crippen LogP) is 4.51. The van der Waals surface area contributed by atoms with Gasteiger partial charge in [-0.05, 0) is 38.1 Å². The molecule has 0 saturated carbocycles. The minimum Gasteiger partial charge on any atom is -0.481 e. The van der Waals surface area contributed by atoms with Crippen molar-refractivity contribution in [3.63, 3.8) is 0 Å². The highest BCUT2D eigenvalue weighted by molar-refractivity contribution is 6.42. The summed E-state index contributed by atoms with van der Waals surface area (Å²) < 4.78 is 5.62. The molecule has 1 amide bonds. The van der Waals surface area contributed by atoms with Gasteiger partial charge in [0.2, 0.25) is 0 Å². The van der Waals surface area contributed by atoms with E-state index in [4.69, 9.17) is 27.9 Å². The van der Waals surface area contributed by atoms with Crippen LogP contribution in [0, 0.1) is 0 Å². The fraction of sp³-hybridized carbons (Fsp3) is 0.222. The van der Waals surface area contributed by atoms with Crippen molar-refractivity contribution >= 4 is 40.1 Å². The SMILES string of the molecule is CC(Oc1ccc(Cl)c(Cl)c1)C(=O)NC(C)c1nc2ccccc2[nH]1. The van der Waals surface area contributed by atoms with Crippen molar-refractivity contribution in [1.29, 1.82) is 0 Å². The van der Waals surface area contributed by atoms with Gasteiger partial charge in [-0.25, -0.2) is 4.98 Å². The van der Waals surface area contributed by atoms with Gasteiger partial charge in [0.05, 0.1) is 27.1 Å². The summed E-state index contributed by atoms with van der Waals surface area (Å²) in [6.07, 6.45) is -0.691. The molecule has 0 aliphatic rings. The van der Waals surface area contributed by atoms with Gasteiger partial charge in [0.25, 0.3) is 5.91 Å². The summed E-state index contributed by atoms with van der Waals surface area (Å²) >= 11 is 11.8. The van der Waals surface area contributed by atoms with E-state index in [-0.39, 0.29) is 11.9 Å². The van der Waals surface area contributed by atoms with Gasteiger partial charge in [-0.2, -0.15) is 0 Å². The second-order valence-electron chi connectivity index (χ2n) is 5.71. The minimum atomic E-state index is -0.691. The molecule has 130 valence electrons. The highest BCUT2D eigenvalue weighted by Gasteiger charge is 2.19. The number of nitrogens with zero attached hydrogens (tertiary/aromatic N) is 1. The molecule has 2 N–H and O–H groups in total. The number of fused-ring (bicyclic) bond motifs is 1. The molecular formula is C18H17Cl2N3O2. The Labute approximate surface area is 155 Å². The van der Waals surface area contributed by atoms with Crippen LogP contribution in [0.3, 0.4) is 0 Å². The Balaban J connectivity index is 1.64. The number of H-pyrrole nitrogens is 1. The molecule has 1 aromatic heterocycles. The highest BCUT2D eigenvalue weighted by Crippen LogP contribution is 2.27. The molecule has 1 heterocycles. The number of benzene rings is 2. The summed E-state index contributed by atoms with van der Waals surface area (Å²) in [5.74, 6) is 0.920. The van der Waals surface area contributed by atoms with Crippen molar-refractivity contribution < 1.29 is 9.53 Å². The van der Waals surface area contributed by atoms with Gasteiger partial charge in [-0.15, -0.1) is 0 Å². The molecule has 2 aromatic carbocycles. The summed E-state index contributed by atoms with van der Waals surface area (Å²) in [5, 5.41) is 3.70. The Morgan fingerprint density at radius 1 is 1.16 bits per heavy atom. The second kappa shape index (κ2) is 7.33. The predicted molar refractivity (Wildman–Crippen MR) is 99.2 cm³/mol. The van der Waals surface area contributed by atoms with Gasteiger partial charge >= 0.3 is 0 Å². The van der Waals surface area contributed by atoms with Crippen LogP contribution >= 0.6 is 23.2 Å². The first kappa shape index (κ1) is 17.6. The molecule has 25 heavy (non-hydrogen) atoms. The third-order valence-electron chi connectivity index (χ3n) is 3.75. The van der Waals surface area contributed by atoms with E-state index >= 15 is 0 Å². The lowest BCUT2D eigenvalue weighted by atomic mass is 10.2. The van der Waals surface area contributed by atoms with Crippen molar-refractivity contribution in [2.45, 2.75) is 26.0 Å². The number of aromatic nitrogens is 2. The van der Waals surface area contributed by atoms with Crippen LogP contribution in [0.25, 0.3) is 11.0 Å². The van der Waals surface area contributed by atoms with Crippen molar-refractivity contribution in [3.8, 4) is 5.75 Å². The normalized spacial score (nSPS) is 13.4. The van der Waals surface area contributed by atoms with Crippen LogP contribution in [0.4, 0.5) is 0 Å².